The maximum absolute atomic E-state index is 9.61. The van der Waals surface area contributed by atoms with E-state index in [1.54, 1.807) is 30.6 Å². The summed E-state index contributed by atoms with van der Waals surface area (Å²) in [7, 11) is 1.54. The Kier molecular flexibility index (Phi) is 17.4. The van der Waals surface area contributed by atoms with E-state index in [1.807, 2.05) is 41.8 Å². The van der Waals surface area contributed by atoms with Gasteiger partial charge in [0.15, 0.2) is 11.5 Å². The van der Waals surface area contributed by atoms with Gasteiger partial charge in [0.1, 0.15) is 5.84 Å². The molecule has 0 atom stereocenters. The monoisotopic (exact) mass is 639 g/mol. The molecule has 0 aliphatic carbocycles. The van der Waals surface area contributed by atoms with Crippen molar-refractivity contribution in [2.24, 2.45) is 10.7 Å². The fraction of sp³-hybridized carbons (Fsp3) is 0.129. The van der Waals surface area contributed by atoms with E-state index in [-0.39, 0.29) is 5.75 Å². The van der Waals surface area contributed by atoms with Crippen molar-refractivity contribution in [2.45, 2.75) is 6.42 Å². The highest BCUT2D eigenvalue weighted by atomic mass is 32.1. The first-order chi connectivity index (χ1) is 21.4. The number of aliphatic carboxylic acids is 4. The lowest BCUT2D eigenvalue weighted by Crippen LogP contribution is -2.16. The van der Waals surface area contributed by atoms with Gasteiger partial charge in [0.2, 0.25) is 0 Å². The standard InChI is InChI=1S/C23H25N3O2S.2C4H4O4/c1-28-21-16-18(8-11-20(21)27)4-2-13-25-14-12-17-6-9-19(10-7-17)26-23(24)22-5-3-15-29-22;2*5-3(6)1-2-4(7)8/h2-11,15-16,25,27H,12-14H2,1H3,(H2,24,26);2*1-2H,(H,5,6)(H,7,8)/b;2*2-1+. The number of amidine groups is 1. The van der Waals surface area contributed by atoms with E-state index in [4.69, 9.17) is 30.9 Å². The zero-order valence-electron chi connectivity index (χ0n) is 24.1. The Bertz CT molecular complexity index is 1450. The number of phenolic OH excluding ortho intramolecular Hbond substituents is 1. The molecule has 45 heavy (non-hydrogen) atoms. The average Bonchev–Trinajstić information content (AvgIpc) is 3.55. The highest BCUT2D eigenvalue weighted by Crippen LogP contribution is 2.26. The molecule has 0 unspecified atom stereocenters. The first-order valence-electron chi connectivity index (χ1n) is 12.9. The molecule has 1 heterocycles. The van der Waals surface area contributed by atoms with Crippen molar-refractivity contribution in [3.05, 3.63) is 106 Å². The minimum Gasteiger partial charge on any atom is -0.504 e. The highest BCUT2D eigenvalue weighted by molar-refractivity contribution is 7.12. The summed E-state index contributed by atoms with van der Waals surface area (Å²) < 4.78 is 5.11. The maximum Gasteiger partial charge on any atom is 0.328 e. The molecule has 3 rings (SSSR count). The number of carboxylic acids is 4. The van der Waals surface area contributed by atoms with Crippen LogP contribution in [0.4, 0.5) is 5.69 Å². The minimum absolute atomic E-state index is 0.147. The molecule has 2 aromatic carbocycles. The molecule has 8 N–H and O–H groups in total. The van der Waals surface area contributed by atoms with Gasteiger partial charge >= 0.3 is 23.9 Å². The molecule has 13 nitrogen and oxygen atoms in total. The number of nitrogens with zero attached hydrogens (tertiary/aromatic N) is 1. The van der Waals surface area contributed by atoms with E-state index in [2.05, 4.69) is 28.5 Å². The summed E-state index contributed by atoms with van der Waals surface area (Å²) in [6, 6.07) is 17.4. The van der Waals surface area contributed by atoms with Crippen molar-refractivity contribution in [1.82, 2.24) is 5.32 Å². The number of hydrogen-bond acceptors (Lipinski definition) is 9. The molecule has 0 aliphatic rings. The summed E-state index contributed by atoms with van der Waals surface area (Å²) in [6.07, 6.45) is 7.22. The van der Waals surface area contributed by atoms with Crippen molar-refractivity contribution in [2.75, 3.05) is 20.2 Å². The molecule has 0 bridgehead atoms. The molecule has 0 fully saturated rings. The molecule has 0 amide bonds. The second-order valence-electron chi connectivity index (χ2n) is 8.45. The number of nitrogens with two attached hydrogens (primary N) is 1. The van der Waals surface area contributed by atoms with Gasteiger partial charge in [0.25, 0.3) is 0 Å². The van der Waals surface area contributed by atoms with Crippen LogP contribution < -0.4 is 15.8 Å². The molecule has 0 saturated carbocycles. The minimum atomic E-state index is -1.26. The van der Waals surface area contributed by atoms with E-state index in [0.717, 1.165) is 35.6 Å². The third-order valence-electron chi connectivity index (χ3n) is 5.06. The zero-order valence-corrected chi connectivity index (χ0v) is 24.9. The molecule has 0 radical (unpaired) electrons. The molecule has 3 aromatic rings. The quantitative estimate of drug-likeness (QED) is 0.0613. The SMILES string of the molecule is COc1cc(C=CCNCCc2ccc(N=C(N)c3cccs3)cc2)ccc1O.O=C(O)/C=C/C(=O)O.O=C(O)/C=C/C(=O)O. The Morgan fingerprint density at radius 1 is 0.889 bits per heavy atom. The van der Waals surface area contributed by atoms with Gasteiger partial charge in [-0.25, -0.2) is 24.2 Å². The molecule has 0 saturated heterocycles. The lowest BCUT2D eigenvalue weighted by molar-refractivity contribution is -0.134. The van der Waals surface area contributed by atoms with Crippen LogP contribution in [0.2, 0.25) is 0 Å². The number of methoxy groups -OCH3 is 1. The van der Waals surface area contributed by atoms with Crippen LogP contribution in [0.3, 0.4) is 0 Å². The maximum atomic E-state index is 9.61. The van der Waals surface area contributed by atoms with Crippen LogP contribution >= 0.6 is 11.3 Å². The molecule has 1 aromatic heterocycles. The fourth-order valence-electron chi connectivity index (χ4n) is 3.05. The smallest absolute Gasteiger partial charge is 0.328 e. The van der Waals surface area contributed by atoms with E-state index < -0.39 is 23.9 Å². The molecular weight excluding hydrogens is 606 g/mol. The van der Waals surface area contributed by atoms with Gasteiger partial charge in [0, 0.05) is 30.8 Å². The average molecular weight is 640 g/mol. The van der Waals surface area contributed by atoms with Crippen LogP contribution in [0, 0.1) is 0 Å². The molecule has 0 spiro atoms. The van der Waals surface area contributed by atoms with Gasteiger partial charge in [-0.2, -0.15) is 0 Å². The van der Waals surface area contributed by atoms with Gasteiger partial charge in [-0.1, -0.05) is 36.4 Å². The third kappa shape index (κ3) is 17.7. The number of carbonyl (C=O) groups is 4. The van der Waals surface area contributed by atoms with Gasteiger partial charge < -0.3 is 41.3 Å². The molecule has 0 aliphatic heterocycles. The number of nitrogens with one attached hydrogen (secondary N) is 1. The van der Waals surface area contributed by atoms with Gasteiger partial charge in [-0.3, -0.25) is 0 Å². The second-order valence-corrected chi connectivity index (χ2v) is 9.40. The van der Waals surface area contributed by atoms with Crippen molar-refractivity contribution >= 4 is 52.8 Å². The summed E-state index contributed by atoms with van der Waals surface area (Å²) in [6.45, 7) is 1.64. The first kappa shape index (κ1) is 37.3. The van der Waals surface area contributed by atoms with Crippen molar-refractivity contribution in [1.29, 1.82) is 0 Å². The van der Waals surface area contributed by atoms with Crippen molar-refractivity contribution in [3.63, 3.8) is 0 Å². The number of rotatable bonds is 13. The van der Waals surface area contributed by atoms with E-state index in [9.17, 15) is 24.3 Å². The van der Waals surface area contributed by atoms with Crippen molar-refractivity contribution in [3.8, 4) is 11.5 Å². The third-order valence-corrected chi connectivity index (χ3v) is 5.96. The lowest BCUT2D eigenvalue weighted by Gasteiger charge is -2.05. The van der Waals surface area contributed by atoms with Crippen LogP contribution in [-0.2, 0) is 25.6 Å². The van der Waals surface area contributed by atoms with Gasteiger partial charge in [-0.05, 0) is 59.8 Å². The predicted octanol–water partition coefficient (Wildman–Crippen LogP) is 3.77. The van der Waals surface area contributed by atoms with E-state index in [0.29, 0.717) is 35.9 Å². The number of benzene rings is 2. The number of phenols is 1. The van der Waals surface area contributed by atoms with Crippen molar-refractivity contribution < 1.29 is 49.4 Å². The number of carboxylic acid groups (broad SMARTS) is 4. The molecule has 14 heteroatoms. The van der Waals surface area contributed by atoms with Gasteiger partial charge in [-0.15, -0.1) is 11.3 Å². The van der Waals surface area contributed by atoms with Crippen LogP contribution in [0.5, 0.6) is 11.5 Å². The predicted molar refractivity (Wildman–Crippen MR) is 170 cm³/mol. The fourth-order valence-corrected chi connectivity index (χ4v) is 3.68. The van der Waals surface area contributed by atoms with E-state index >= 15 is 0 Å². The van der Waals surface area contributed by atoms with Gasteiger partial charge in [0.05, 0.1) is 17.7 Å². The summed E-state index contributed by atoms with van der Waals surface area (Å²) in [5, 5.41) is 46.2. The topological polar surface area (TPSA) is 229 Å². The Labute approximate surface area is 262 Å². The first-order valence-corrected chi connectivity index (χ1v) is 13.8. The highest BCUT2D eigenvalue weighted by Gasteiger charge is 2.01. The summed E-state index contributed by atoms with van der Waals surface area (Å²) in [5.41, 5.74) is 9.12. The Morgan fingerprint density at radius 3 is 1.96 bits per heavy atom. The number of aromatic hydroxyl groups is 1. The van der Waals surface area contributed by atoms with Crippen LogP contribution in [0.1, 0.15) is 16.0 Å². The summed E-state index contributed by atoms with van der Waals surface area (Å²) in [5.74, 6) is -3.86. The molecule has 238 valence electrons. The van der Waals surface area contributed by atoms with Crippen LogP contribution in [0.15, 0.2) is 95.3 Å². The Hall–Kier alpha value is -5.73. The molecular formula is C31H33N3O10S. The van der Waals surface area contributed by atoms with E-state index in [1.165, 1.54) is 5.56 Å². The number of aliphatic imine (C=N–C) groups is 1. The van der Waals surface area contributed by atoms with Crippen LogP contribution in [-0.4, -0.2) is 75.4 Å². The Balaban J connectivity index is 0.000000521. The summed E-state index contributed by atoms with van der Waals surface area (Å²) >= 11 is 1.58. The number of hydrogen-bond donors (Lipinski definition) is 7. The second kappa shape index (κ2) is 21.0. The Morgan fingerprint density at radius 2 is 1.47 bits per heavy atom. The number of thiophene rings is 1. The lowest BCUT2D eigenvalue weighted by atomic mass is 10.1. The van der Waals surface area contributed by atoms with Crippen LogP contribution in [0.25, 0.3) is 6.08 Å². The largest absolute Gasteiger partial charge is 0.504 e. The number of ether oxygens (including phenoxy) is 1. The summed E-state index contributed by atoms with van der Waals surface area (Å²) in [4.78, 5) is 43.7. The normalized spacial score (nSPS) is 11.0. The zero-order chi connectivity index (χ0) is 33.6.